The lowest BCUT2D eigenvalue weighted by molar-refractivity contribution is 0.0975. The molecule has 5 nitrogen and oxygen atoms in total. The van der Waals surface area contributed by atoms with Crippen molar-refractivity contribution in [3.63, 3.8) is 0 Å². The molecule has 140 valence electrons. The molecule has 1 aliphatic heterocycles. The van der Waals surface area contributed by atoms with Crippen LogP contribution in [-0.2, 0) is 0 Å². The maximum atomic E-state index is 13.1. The number of fused-ring (bicyclic) bond motifs is 2. The number of pyridine rings is 1. The molecular weight excluding hydrogens is 370 g/mol. The molecule has 0 aliphatic carbocycles. The standard InChI is InChI=1S/C22H19N3O2S/c1-14(2)25-18-11-10-16(24-20(26)15-7-4-3-5-8-15)13-19(18)28-21-17(22(25)27)9-6-12-23-21/h3-14H,1-2H3,(H,24,26). The van der Waals surface area contributed by atoms with Gasteiger partial charge in [0.2, 0.25) is 0 Å². The number of hydrogen-bond acceptors (Lipinski definition) is 4. The Morgan fingerprint density at radius 1 is 1.07 bits per heavy atom. The summed E-state index contributed by atoms with van der Waals surface area (Å²) >= 11 is 1.44. The van der Waals surface area contributed by atoms with Crippen molar-refractivity contribution in [1.29, 1.82) is 0 Å². The molecule has 0 bridgehead atoms. The third kappa shape index (κ3) is 3.39. The Kier molecular flexibility index (Phi) is 4.88. The molecule has 0 radical (unpaired) electrons. The monoisotopic (exact) mass is 389 g/mol. The predicted octanol–water partition coefficient (Wildman–Crippen LogP) is 4.85. The number of nitrogens with one attached hydrogen (secondary N) is 1. The van der Waals surface area contributed by atoms with E-state index < -0.39 is 0 Å². The molecule has 0 unspecified atom stereocenters. The van der Waals surface area contributed by atoms with Crippen LogP contribution in [0.2, 0.25) is 0 Å². The SMILES string of the molecule is CC(C)N1C(=O)c2cccnc2Sc2cc(NC(=O)c3ccccc3)ccc21. The molecule has 0 atom stereocenters. The first-order valence-electron chi connectivity index (χ1n) is 9.01. The highest BCUT2D eigenvalue weighted by Crippen LogP contribution is 2.42. The quantitative estimate of drug-likeness (QED) is 0.695. The average Bonchev–Trinajstić information content (AvgIpc) is 2.82. The number of carbonyl (C=O) groups is 2. The van der Waals surface area contributed by atoms with E-state index in [-0.39, 0.29) is 17.9 Å². The molecule has 2 amide bonds. The maximum Gasteiger partial charge on any atom is 0.261 e. The second kappa shape index (κ2) is 7.48. The summed E-state index contributed by atoms with van der Waals surface area (Å²) in [4.78, 5) is 32.6. The van der Waals surface area contributed by atoms with E-state index >= 15 is 0 Å². The summed E-state index contributed by atoms with van der Waals surface area (Å²) in [6, 6.07) is 18.2. The number of amides is 2. The second-order valence-electron chi connectivity index (χ2n) is 6.73. The van der Waals surface area contributed by atoms with E-state index in [1.54, 1.807) is 35.4 Å². The molecule has 1 aliphatic rings. The van der Waals surface area contributed by atoms with Gasteiger partial charge in [0.15, 0.2) is 0 Å². The minimum Gasteiger partial charge on any atom is -0.322 e. The van der Waals surface area contributed by atoms with Crippen LogP contribution in [0, 0.1) is 0 Å². The fourth-order valence-corrected chi connectivity index (χ4v) is 4.20. The van der Waals surface area contributed by atoms with Crippen LogP contribution in [0.5, 0.6) is 0 Å². The number of nitrogens with zero attached hydrogens (tertiary/aromatic N) is 2. The first-order chi connectivity index (χ1) is 13.5. The molecule has 0 saturated heterocycles. The van der Waals surface area contributed by atoms with Crippen LogP contribution >= 0.6 is 11.8 Å². The Balaban J connectivity index is 1.73. The van der Waals surface area contributed by atoms with Gasteiger partial charge in [0.1, 0.15) is 5.03 Å². The highest BCUT2D eigenvalue weighted by Gasteiger charge is 2.30. The van der Waals surface area contributed by atoms with Crippen molar-refractivity contribution >= 4 is 35.0 Å². The van der Waals surface area contributed by atoms with Gasteiger partial charge in [-0.1, -0.05) is 30.0 Å². The number of hydrogen-bond donors (Lipinski definition) is 1. The van der Waals surface area contributed by atoms with Crippen LogP contribution in [0.1, 0.15) is 34.6 Å². The molecule has 0 fully saturated rings. The summed E-state index contributed by atoms with van der Waals surface area (Å²) < 4.78 is 0. The fourth-order valence-electron chi connectivity index (χ4n) is 3.16. The van der Waals surface area contributed by atoms with E-state index in [1.165, 1.54) is 11.8 Å². The summed E-state index contributed by atoms with van der Waals surface area (Å²) in [6.45, 7) is 3.97. The van der Waals surface area contributed by atoms with Crippen LogP contribution < -0.4 is 10.2 Å². The van der Waals surface area contributed by atoms with E-state index in [0.29, 0.717) is 21.8 Å². The topological polar surface area (TPSA) is 62.3 Å². The first-order valence-corrected chi connectivity index (χ1v) is 9.83. The van der Waals surface area contributed by atoms with E-state index in [0.717, 1.165) is 10.6 Å². The summed E-state index contributed by atoms with van der Waals surface area (Å²) in [5.41, 5.74) is 2.68. The third-order valence-corrected chi connectivity index (χ3v) is 5.52. The van der Waals surface area contributed by atoms with Gasteiger partial charge in [-0.25, -0.2) is 4.98 Å². The summed E-state index contributed by atoms with van der Waals surface area (Å²) in [5.74, 6) is -0.236. The zero-order chi connectivity index (χ0) is 19.7. The van der Waals surface area contributed by atoms with Gasteiger partial charge in [-0.2, -0.15) is 0 Å². The number of carbonyl (C=O) groups excluding carboxylic acids is 2. The molecule has 1 N–H and O–H groups in total. The van der Waals surface area contributed by atoms with Gasteiger partial charge in [0.25, 0.3) is 11.8 Å². The smallest absolute Gasteiger partial charge is 0.261 e. The van der Waals surface area contributed by atoms with Crippen LogP contribution in [0.25, 0.3) is 0 Å². The molecule has 6 heteroatoms. The van der Waals surface area contributed by atoms with Crippen molar-refractivity contribution in [2.24, 2.45) is 0 Å². The molecule has 4 rings (SSSR count). The van der Waals surface area contributed by atoms with Crippen molar-refractivity contribution in [3.05, 3.63) is 78.0 Å². The minimum absolute atomic E-state index is 0.0113. The zero-order valence-corrected chi connectivity index (χ0v) is 16.4. The zero-order valence-electron chi connectivity index (χ0n) is 15.5. The van der Waals surface area contributed by atoms with Crippen LogP contribution in [0.15, 0.2) is 76.8 Å². The largest absolute Gasteiger partial charge is 0.322 e. The fraction of sp³-hybridized carbons (Fsp3) is 0.136. The van der Waals surface area contributed by atoms with Crippen LogP contribution in [-0.4, -0.2) is 22.8 Å². The van der Waals surface area contributed by atoms with Gasteiger partial charge in [0.05, 0.1) is 11.3 Å². The summed E-state index contributed by atoms with van der Waals surface area (Å²) in [5, 5.41) is 3.60. The molecule has 2 aromatic carbocycles. The molecule has 0 spiro atoms. The molecular formula is C22H19N3O2S. The van der Waals surface area contributed by atoms with Crippen molar-refractivity contribution in [2.45, 2.75) is 29.8 Å². The van der Waals surface area contributed by atoms with E-state index in [1.807, 2.05) is 50.2 Å². The third-order valence-electron chi connectivity index (χ3n) is 4.46. The van der Waals surface area contributed by atoms with Gasteiger partial charge in [-0.05, 0) is 56.3 Å². The summed E-state index contributed by atoms with van der Waals surface area (Å²) in [7, 11) is 0. The molecule has 2 heterocycles. The Morgan fingerprint density at radius 3 is 2.61 bits per heavy atom. The van der Waals surface area contributed by atoms with Crippen molar-refractivity contribution in [1.82, 2.24) is 4.98 Å². The number of anilines is 2. The normalized spacial score (nSPS) is 13.0. The highest BCUT2D eigenvalue weighted by atomic mass is 32.2. The lowest BCUT2D eigenvalue weighted by atomic mass is 10.1. The van der Waals surface area contributed by atoms with Crippen LogP contribution in [0.4, 0.5) is 11.4 Å². The maximum absolute atomic E-state index is 13.1. The van der Waals surface area contributed by atoms with Crippen molar-refractivity contribution in [3.8, 4) is 0 Å². The molecule has 3 aromatic rings. The van der Waals surface area contributed by atoms with Crippen molar-refractivity contribution in [2.75, 3.05) is 10.2 Å². The number of rotatable bonds is 3. The minimum atomic E-state index is -0.172. The van der Waals surface area contributed by atoms with Crippen LogP contribution in [0.3, 0.4) is 0 Å². The Hall–Kier alpha value is -3.12. The molecule has 28 heavy (non-hydrogen) atoms. The Bertz CT molecular complexity index is 1050. The Morgan fingerprint density at radius 2 is 1.86 bits per heavy atom. The van der Waals surface area contributed by atoms with Gasteiger partial charge >= 0.3 is 0 Å². The van der Waals surface area contributed by atoms with Crippen molar-refractivity contribution < 1.29 is 9.59 Å². The van der Waals surface area contributed by atoms with E-state index in [4.69, 9.17) is 0 Å². The van der Waals surface area contributed by atoms with Gasteiger partial charge in [-0.3, -0.25) is 9.59 Å². The second-order valence-corrected chi connectivity index (χ2v) is 7.76. The molecule has 0 saturated carbocycles. The van der Waals surface area contributed by atoms with E-state index in [2.05, 4.69) is 10.3 Å². The number of aromatic nitrogens is 1. The van der Waals surface area contributed by atoms with Gasteiger partial charge in [0, 0.05) is 28.4 Å². The van der Waals surface area contributed by atoms with E-state index in [9.17, 15) is 9.59 Å². The summed E-state index contributed by atoms with van der Waals surface area (Å²) in [6.07, 6.45) is 1.69. The predicted molar refractivity (Wildman–Crippen MR) is 111 cm³/mol. The molecule has 1 aromatic heterocycles. The highest BCUT2D eigenvalue weighted by molar-refractivity contribution is 7.99. The first kappa shape index (κ1) is 18.3. The van der Waals surface area contributed by atoms with Gasteiger partial charge < -0.3 is 10.2 Å². The number of benzene rings is 2. The lowest BCUT2D eigenvalue weighted by Gasteiger charge is -2.27. The average molecular weight is 389 g/mol. The lowest BCUT2D eigenvalue weighted by Crippen LogP contribution is -2.37. The van der Waals surface area contributed by atoms with Gasteiger partial charge in [-0.15, -0.1) is 0 Å². The Labute approximate surface area is 167 Å².